The molecule has 2 N–H and O–H groups in total. The maximum atomic E-state index is 12.8. The molecule has 0 amide bonds. The van der Waals surface area contributed by atoms with Gasteiger partial charge in [-0.05, 0) is 93.2 Å². The maximum Gasteiger partial charge on any atom is 0.312 e. The molecular weight excluding hydrogens is 480 g/mol. The summed E-state index contributed by atoms with van der Waals surface area (Å²) in [6.45, 7) is 21.7. The lowest BCUT2D eigenvalue weighted by Gasteiger charge is -2.59. The van der Waals surface area contributed by atoms with Crippen molar-refractivity contribution in [1.82, 2.24) is 0 Å². The van der Waals surface area contributed by atoms with E-state index >= 15 is 0 Å². The third-order valence-electron chi connectivity index (χ3n) is 12.0. The van der Waals surface area contributed by atoms with Crippen LogP contribution in [-0.2, 0) is 14.0 Å². The molecule has 4 aliphatic rings. The van der Waals surface area contributed by atoms with Gasteiger partial charge in [0.25, 0.3) is 0 Å². The fraction of sp³-hybridized carbons (Fsp3) is 0.839. The SMILES string of the molecule is C=CCOC(=O)[C@@H](C)[C@@]1(O)[C@@H](O)C[C@H]2[C@@H]3CC=C4C[C@@H](O[Si](C)(C)C(C)(C)C)CC[C@]4(C)[C@H]3CC[C@@]21C. The molecule has 0 heterocycles. The average molecular weight is 533 g/mol. The first kappa shape index (κ1) is 29.0. The molecule has 37 heavy (non-hydrogen) atoms. The molecule has 0 aliphatic heterocycles. The van der Waals surface area contributed by atoms with Crippen molar-refractivity contribution >= 4 is 14.3 Å². The summed E-state index contributed by atoms with van der Waals surface area (Å²) in [7, 11) is -1.81. The van der Waals surface area contributed by atoms with Crippen LogP contribution in [0.4, 0.5) is 0 Å². The van der Waals surface area contributed by atoms with Crippen molar-refractivity contribution in [1.29, 1.82) is 0 Å². The van der Waals surface area contributed by atoms with E-state index in [0.29, 0.717) is 24.4 Å². The van der Waals surface area contributed by atoms with E-state index in [1.807, 2.05) is 0 Å². The lowest BCUT2D eigenvalue weighted by Crippen LogP contribution is -2.60. The Bertz CT molecular complexity index is 936. The number of ether oxygens (including phenoxy) is 1. The molecule has 0 radical (unpaired) electrons. The molecule has 3 saturated carbocycles. The van der Waals surface area contributed by atoms with E-state index in [0.717, 1.165) is 38.5 Å². The Kier molecular flexibility index (Phi) is 7.54. The summed E-state index contributed by atoms with van der Waals surface area (Å²) in [5.41, 5.74) is -0.287. The fourth-order valence-corrected chi connectivity index (χ4v) is 9.99. The van der Waals surface area contributed by atoms with Crippen molar-refractivity contribution in [3.8, 4) is 0 Å². The predicted octanol–water partition coefficient (Wildman–Crippen LogP) is 6.41. The van der Waals surface area contributed by atoms with Crippen LogP contribution in [-0.4, -0.2) is 48.9 Å². The van der Waals surface area contributed by atoms with Crippen LogP contribution in [0.25, 0.3) is 0 Å². The molecule has 210 valence electrons. The highest BCUT2D eigenvalue weighted by atomic mass is 28.4. The summed E-state index contributed by atoms with van der Waals surface area (Å²) in [6, 6.07) is 0. The molecule has 3 fully saturated rings. The average Bonchev–Trinajstić information content (AvgIpc) is 3.02. The van der Waals surface area contributed by atoms with E-state index in [1.165, 1.54) is 6.08 Å². The zero-order valence-electron chi connectivity index (χ0n) is 24.6. The summed E-state index contributed by atoms with van der Waals surface area (Å²) < 4.78 is 12.2. The van der Waals surface area contributed by atoms with Gasteiger partial charge in [-0.15, -0.1) is 0 Å². The van der Waals surface area contributed by atoms with Crippen molar-refractivity contribution < 1.29 is 24.2 Å². The highest BCUT2D eigenvalue weighted by Crippen LogP contribution is 2.68. The number of esters is 1. The molecule has 0 spiro atoms. The standard InChI is InChI=1S/C31H52O5Si/c1-10-17-35-27(33)20(2)31(34)26(32)19-25-23-12-11-21-18-22(36-37(8,9)28(3,4)5)13-15-29(21,6)24(23)14-16-30(25,31)7/h10-11,20,22-26,32,34H,1,12-19H2,2-9H3/t20-,22+,23-,24+,25+,26+,29+,30+,31-/m1/s1. The zero-order valence-corrected chi connectivity index (χ0v) is 25.6. The van der Waals surface area contributed by atoms with Gasteiger partial charge in [-0.3, -0.25) is 4.79 Å². The van der Waals surface area contributed by atoms with E-state index < -0.39 is 37.3 Å². The van der Waals surface area contributed by atoms with Crippen molar-refractivity contribution in [2.24, 2.45) is 34.5 Å². The minimum Gasteiger partial charge on any atom is -0.461 e. The molecule has 0 bridgehead atoms. The van der Waals surface area contributed by atoms with Gasteiger partial charge < -0.3 is 19.4 Å². The third kappa shape index (κ3) is 4.42. The number of carbonyl (C=O) groups excluding carboxylic acids is 1. The Morgan fingerprint density at radius 3 is 2.54 bits per heavy atom. The summed E-state index contributed by atoms with van der Waals surface area (Å²) in [5, 5.41) is 23.5. The number of fused-ring (bicyclic) bond motifs is 5. The number of aliphatic hydroxyl groups excluding tert-OH is 1. The second-order valence-electron chi connectivity index (χ2n) is 14.7. The van der Waals surface area contributed by atoms with E-state index in [9.17, 15) is 15.0 Å². The van der Waals surface area contributed by atoms with Gasteiger partial charge >= 0.3 is 5.97 Å². The van der Waals surface area contributed by atoms with Crippen LogP contribution < -0.4 is 0 Å². The summed E-state index contributed by atoms with van der Waals surface area (Å²) in [6.07, 6.45) is 10.0. The molecule has 0 aromatic carbocycles. The Labute approximate surface area is 226 Å². The predicted molar refractivity (Wildman–Crippen MR) is 150 cm³/mol. The number of hydrogen-bond donors (Lipinski definition) is 2. The fourth-order valence-electron chi connectivity index (χ4n) is 8.60. The third-order valence-corrected chi connectivity index (χ3v) is 16.5. The highest BCUT2D eigenvalue weighted by molar-refractivity contribution is 6.74. The smallest absolute Gasteiger partial charge is 0.312 e. The van der Waals surface area contributed by atoms with Gasteiger partial charge in [-0.1, -0.05) is 58.9 Å². The largest absolute Gasteiger partial charge is 0.461 e. The molecule has 4 aliphatic carbocycles. The van der Waals surface area contributed by atoms with Crippen LogP contribution in [0.3, 0.4) is 0 Å². The van der Waals surface area contributed by atoms with Gasteiger partial charge in [0.1, 0.15) is 12.2 Å². The summed E-state index contributed by atoms with van der Waals surface area (Å²) in [5.74, 6) is -0.121. The monoisotopic (exact) mass is 532 g/mol. The topological polar surface area (TPSA) is 76.0 Å². The van der Waals surface area contributed by atoms with Gasteiger partial charge in [0.05, 0.1) is 12.0 Å². The Balaban J connectivity index is 1.56. The maximum absolute atomic E-state index is 12.8. The Morgan fingerprint density at radius 1 is 1.24 bits per heavy atom. The van der Waals surface area contributed by atoms with Crippen molar-refractivity contribution in [3.63, 3.8) is 0 Å². The molecule has 0 saturated heterocycles. The van der Waals surface area contributed by atoms with E-state index in [-0.39, 0.29) is 23.0 Å². The molecule has 5 nitrogen and oxygen atoms in total. The number of rotatable bonds is 6. The van der Waals surface area contributed by atoms with Crippen molar-refractivity contribution in [3.05, 3.63) is 24.3 Å². The van der Waals surface area contributed by atoms with Crippen molar-refractivity contribution in [2.75, 3.05) is 6.61 Å². The number of allylic oxidation sites excluding steroid dienone is 1. The van der Waals surface area contributed by atoms with Gasteiger partial charge in [0.2, 0.25) is 0 Å². The van der Waals surface area contributed by atoms with E-state index in [2.05, 4.69) is 60.4 Å². The van der Waals surface area contributed by atoms with E-state index in [1.54, 1.807) is 12.5 Å². The second-order valence-corrected chi connectivity index (χ2v) is 19.4. The first-order chi connectivity index (χ1) is 17.0. The van der Waals surface area contributed by atoms with Crippen LogP contribution in [0.5, 0.6) is 0 Å². The molecule has 4 rings (SSSR count). The van der Waals surface area contributed by atoms with Crippen LogP contribution in [0.1, 0.15) is 86.5 Å². The van der Waals surface area contributed by atoms with Crippen LogP contribution in [0, 0.1) is 34.5 Å². The molecule has 6 heteroatoms. The normalized spacial score (nSPS) is 42.6. The van der Waals surface area contributed by atoms with Crippen molar-refractivity contribution in [2.45, 2.75) is 122 Å². The van der Waals surface area contributed by atoms with Crippen LogP contribution in [0.15, 0.2) is 24.3 Å². The molecule has 0 unspecified atom stereocenters. The molecular formula is C31H52O5Si. The van der Waals surface area contributed by atoms with Gasteiger partial charge in [0.15, 0.2) is 8.32 Å². The second kappa shape index (κ2) is 9.60. The minimum atomic E-state index is -1.81. The minimum absolute atomic E-state index is 0.117. The first-order valence-corrected chi connectivity index (χ1v) is 17.5. The Hall–Kier alpha value is -0.953. The summed E-state index contributed by atoms with van der Waals surface area (Å²) in [4.78, 5) is 12.8. The van der Waals surface area contributed by atoms with Crippen LogP contribution >= 0.6 is 0 Å². The van der Waals surface area contributed by atoms with E-state index in [4.69, 9.17) is 9.16 Å². The molecule has 0 aromatic heterocycles. The quantitative estimate of drug-likeness (QED) is 0.235. The zero-order chi connectivity index (χ0) is 27.6. The van der Waals surface area contributed by atoms with Crippen LogP contribution in [0.2, 0.25) is 18.1 Å². The first-order valence-electron chi connectivity index (χ1n) is 14.6. The van der Waals surface area contributed by atoms with Gasteiger partial charge in [-0.2, -0.15) is 0 Å². The molecule has 0 aromatic rings. The highest BCUT2D eigenvalue weighted by Gasteiger charge is 2.69. The number of hydrogen-bond acceptors (Lipinski definition) is 5. The molecule has 9 atom stereocenters. The lowest BCUT2D eigenvalue weighted by molar-refractivity contribution is -0.196. The number of aliphatic hydroxyl groups is 2. The van der Waals surface area contributed by atoms with Gasteiger partial charge in [-0.25, -0.2) is 0 Å². The number of carbonyl (C=O) groups is 1. The summed E-state index contributed by atoms with van der Waals surface area (Å²) >= 11 is 0. The van der Waals surface area contributed by atoms with Gasteiger partial charge in [0, 0.05) is 11.5 Å². The lowest BCUT2D eigenvalue weighted by atomic mass is 9.46. The Morgan fingerprint density at radius 2 is 1.92 bits per heavy atom.